The average molecular weight is 463 g/mol. The highest BCUT2D eigenvalue weighted by atomic mass is 35.5. The Balaban J connectivity index is 1.91. The van der Waals surface area contributed by atoms with Crippen molar-refractivity contribution in [2.24, 2.45) is 0 Å². The number of hydrogen-bond acceptors (Lipinski definition) is 5. The fourth-order valence-electron chi connectivity index (χ4n) is 3.98. The van der Waals surface area contributed by atoms with Crippen molar-refractivity contribution in [2.45, 2.75) is 32.9 Å². The van der Waals surface area contributed by atoms with Crippen molar-refractivity contribution in [2.75, 3.05) is 4.90 Å². The molecule has 0 spiro atoms. The predicted molar refractivity (Wildman–Crippen MR) is 127 cm³/mol. The first-order valence-electron chi connectivity index (χ1n) is 10.5. The van der Waals surface area contributed by atoms with E-state index in [9.17, 15) is 14.7 Å². The largest absolute Gasteiger partial charge is 0.507 e. The fourth-order valence-corrected chi connectivity index (χ4v) is 4.20. The Morgan fingerprint density at radius 3 is 2.48 bits per heavy atom. The molecule has 1 amide bonds. The summed E-state index contributed by atoms with van der Waals surface area (Å²) in [5.41, 5.74) is 2.31. The third-order valence-corrected chi connectivity index (χ3v) is 5.60. The molecule has 0 bridgehead atoms. The topological polar surface area (TPSA) is 79.7 Å². The number of aromatic nitrogens is 1. The number of amides is 1. The maximum atomic E-state index is 13.2. The minimum atomic E-state index is -0.831. The quantitative estimate of drug-likeness (QED) is 0.309. The zero-order valence-corrected chi connectivity index (χ0v) is 19.2. The van der Waals surface area contributed by atoms with Crippen molar-refractivity contribution in [3.05, 3.63) is 94.3 Å². The summed E-state index contributed by atoms with van der Waals surface area (Å²) in [7, 11) is 0. The molecule has 1 aromatic heterocycles. The van der Waals surface area contributed by atoms with Crippen molar-refractivity contribution in [3.8, 4) is 5.75 Å². The third kappa shape index (κ3) is 4.34. The Morgan fingerprint density at radius 2 is 1.82 bits per heavy atom. The van der Waals surface area contributed by atoms with Crippen LogP contribution in [0.25, 0.3) is 5.76 Å². The molecule has 0 saturated carbocycles. The molecule has 1 fully saturated rings. The smallest absolute Gasteiger partial charge is 0.300 e. The molecule has 0 radical (unpaired) electrons. The SMILES string of the molecule is Cc1cc(Cl)ccc1N1C(=O)C(=O)/C(=C(/O)c2cccc(OC(C)C)c2)C1c1ccncc1. The number of ether oxygens (including phenoxy) is 1. The van der Waals surface area contributed by atoms with Crippen LogP contribution in [0.3, 0.4) is 0 Å². The van der Waals surface area contributed by atoms with Crippen LogP contribution in [0.2, 0.25) is 5.02 Å². The number of rotatable bonds is 5. The Kier molecular flexibility index (Phi) is 6.20. The van der Waals surface area contributed by atoms with E-state index in [0.29, 0.717) is 27.6 Å². The number of Topliss-reactive ketones (excluding diaryl/α,β-unsaturated/α-hetero) is 1. The minimum absolute atomic E-state index is 0.00208. The molecule has 168 valence electrons. The second kappa shape index (κ2) is 9.08. The molecule has 1 unspecified atom stereocenters. The lowest BCUT2D eigenvalue weighted by atomic mass is 9.95. The molecule has 2 aromatic carbocycles. The van der Waals surface area contributed by atoms with Gasteiger partial charge in [-0.15, -0.1) is 0 Å². The van der Waals surface area contributed by atoms with Gasteiger partial charge in [0.1, 0.15) is 11.5 Å². The van der Waals surface area contributed by atoms with Gasteiger partial charge in [0.05, 0.1) is 17.7 Å². The second-order valence-corrected chi connectivity index (χ2v) is 8.51. The fraction of sp³-hybridized carbons (Fsp3) is 0.192. The van der Waals surface area contributed by atoms with Gasteiger partial charge in [0.25, 0.3) is 11.7 Å². The van der Waals surface area contributed by atoms with Gasteiger partial charge in [-0.05, 0) is 74.4 Å². The summed E-state index contributed by atoms with van der Waals surface area (Å²) < 4.78 is 5.73. The molecule has 1 aliphatic rings. The van der Waals surface area contributed by atoms with Crippen molar-refractivity contribution in [1.29, 1.82) is 0 Å². The molecule has 1 atom stereocenters. The van der Waals surface area contributed by atoms with Crippen LogP contribution in [0.15, 0.2) is 72.6 Å². The highest BCUT2D eigenvalue weighted by Gasteiger charge is 2.47. The highest BCUT2D eigenvalue weighted by Crippen LogP contribution is 2.43. The normalized spacial score (nSPS) is 17.6. The van der Waals surface area contributed by atoms with Crippen molar-refractivity contribution in [3.63, 3.8) is 0 Å². The number of aliphatic hydroxyl groups excluding tert-OH is 1. The highest BCUT2D eigenvalue weighted by molar-refractivity contribution is 6.51. The van der Waals surface area contributed by atoms with E-state index in [2.05, 4.69) is 4.98 Å². The summed E-state index contributed by atoms with van der Waals surface area (Å²) >= 11 is 6.11. The van der Waals surface area contributed by atoms with Gasteiger partial charge < -0.3 is 9.84 Å². The molecule has 3 aromatic rings. The number of carbonyl (C=O) groups is 2. The predicted octanol–water partition coefficient (Wildman–Crippen LogP) is 5.46. The summed E-state index contributed by atoms with van der Waals surface area (Å²) in [6.07, 6.45) is 3.11. The van der Waals surface area contributed by atoms with Gasteiger partial charge in [-0.2, -0.15) is 0 Å². The van der Waals surface area contributed by atoms with Gasteiger partial charge >= 0.3 is 0 Å². The van der Waals surface area contributed by atoms with E-state index in [0.717, 1.165) is 5.56 Å². The van der Waals surface area contributed by atoms with Crippen LogP contribution >= 0.6 is 11.6 Å². The number of anilines is 1. The van der Waals surface area contributed by atoms with Crippen LogP contribution in [0.1, 0.15) is 36.6 Å². The summed E-state index contributed by atoms with van der Waals surface area (Å²) in [5, 5.41) is 11.8. The first-order valence-corrected chi connectivity index (χ1v) is 10.9. The molecule has 6 nitrogen and oxygen atoms in total. The summed E-state index contributed by atoms with van der Waals surface area (Å²) in [6.45, 7) is 5.61. The monoisotopic (exact) mass is 462 g/mol. The standard InChI is InChI=1S/C26H23ClN2O4/c1-15(2)33-20-6-4-5-18(14-20)24(30)22-23(17-9-11-28-12-10-17)29(26(32)25(22)31)21-8-7-19(27)13-16(21)3/h4-15,23,30H,1-3H3/b24-22+. The van der Waals surface area contributed by atoms with E-state index in [1.165, 1.54) is 4.90 Å². The number of hydrogen-bond donors (Lipinski definition) is 1. The summed E-state index contributed by atoms with van der Waals surface area (Å²) in [5.74, 6) is -1.20. The molecule has 1 saturated heterocycles. The van der Waals surface area contributed by atoms with Crippen LogP contribution in [0.4, 0.5) is 5.69 Å². The van der Waals surface area contributed by atoms with E-state index in [1.54, 1.807) is 67.0 Å². The number of benzene rings is 2. The molecule has 2 heterocycles. The molecular weight excluding hydrogens is 440 g/mol. The summed E-state index contributed by atoms with van der Waals surface area (Å²) in [4.78, 5) is 31.9. The molecule has 33 heavy (non-hydrogen) atoms. The molecule has 1 N–H and O–H groups in total. The zero-order chi connectivity index (χ0) is 23.7. The zero-order valence-electron chi connectivity index (χ0n) is 18.4. The van der Waals surface area contributed by atoms with Crippen molar-refractivity contribution < 1.29 is 19.4 Å². The molecule has 1 aliphatic heterocycles. The number of aliphatic hydroxyl groups is 1. The van der Waals surface area contributed by atoms with Crippen molar-refractivity contribution >= 4 is 34.7 Å². The van der Waals surface area contributed by atoms with Gasteiger partial charge in [0.2, 0.25) is 0 Å². The lowest BCUT2D eigenvalue weighted by Crippen LogP contribution is -2.30. The Bertz CT molecular complexity index is 1250. The number of ketones is 1. The van der Waals surface area contributed by atoms with Crippen LogP contribution in [-0.2, 0) is 9.59 Å². The van der Waals surface area contributed by atoms with Gasteiger partial charge in [0, 0.05) is 28.7 Å². The van der Waals surface area contributed by atoms with E-state index < -0.39 is 17.7 Å². The van der Waals surface area contributed by atoms with Gasteiger partial charge in [-0.1, -0.05) is 23.7 Å². The van der Waals surface area contributed by atoms with Crippen LogP contribution in [0, 0.1) is 6.92 Å². The molecular formula is C26H23ClN2O4. The Hall–Kier alpha value is -3.64. The van der Waals surface area contributed by atoms with Crippen LogP contribution in [0.5, 0.6) is 5.75 Å². The first-order chi connectivity index (χ1) is 15.8. The first kappa shape index (κ1) is 22.6. The summed E-state index contributed by atoms with van der Waals surface area (Å²) in [6, 6.07) is 14.5. The number of aryl methyl sites for hydroxylation is 1. The number of carbonyl (C=O) groups excluding carboxylic acids is 2. The van der Waals surface area contributed by atoms with Gasteiger partial charge in [0.15, 0.2) is 0 Å². The average Bonchev–Trinajstić information content (AvgIpc) is 3.04. The maximum Gasteiger partial charge on any atom is 0.300 e. The number of nitrogens with zero attached hydrogens (tertiary/aromatic N) is 2. The third-order valence-electron chi connectivity index (χ3n) is 5.36. The Morgan fingerprint density at radius 1 is 1.09 bits per heavy atom. The van der Waals surface area contributed by atoms with Crippen LogP contribution < -0.4 is 9.64 Å². The van der Waals surface area contributed by atoms with E-state index in [4.69, 9.17) is 16.3 Å². The maximum absolute atomic E-state index is 13.2. The molecule has 7 heteroatoms. The second-order valence-electron chi connectivity index (χ2n) is 8.07. The van der Waals surface area contributed by atoms with E-state index in [1.807, 2.05) is 20.8 Å². The van der Waals surface area contributed by atoms with Gasteiger partial charge in [-0.3, -0.25) is 19.5 Å². The van der Waals surface area contributed by atoms with Crippen molar-refractivity contribution in [1.82, 2.24) is 4.98 Å². The van der Waals surface area contributed by atoms with E-state index >= 15 is 0 Å². The molecule has 4 rings (SSSR count). The minimum Gasteiger partial charge on any atom is -0.507 e. The van der Waals surface area contributed by atoms with E-state index in [-0.39, 0.29) is 17.4 Å². The molecule has 0 aliphatic carbocycles. The lowest BCUT2D eigenvalue weighted by Gasteiger charge is -2.26. The number of halogens is 1. The van der Waals surface area contributed by atoms with Crippen LogP contribution in [-0.4, -0.2) is 27.9 Å². The number of pyridine rings is 1. The lowest BCUT2D eigenvalue weighted by molar-refractivity contribution is -0.132. The van der Waals surface area contributed by atoms with Gasteiger partial charge in [-0.25, -0.2) is 0 Å². The Labute approximate surface area is 197 Å².